The number of amides is 2. The lowest BCUT2D eigenvalue weighted by molar-refractivity contribution is -0.115. The molecular formula is C20H17BrN2O3. The standard InChI is InChI=1S/C20H17BrN2O3/c1-2-19(24)22-15-7-9-16(10-8-15)23-20(25)18-12-11-17(26-18)13-3-5-14(21)6-4-13/h3-12H,2H2,1H3,(H,22,24)(H,23,25). The molecule has 0 aliphatic heterocycles. The monoisotopic (exact) mass is 412 g/mol. The summed E-state index contributed by atoms with van der Waals surface area (Å²) in [6.45, 7) is 1.79. The number of anilines is 2. The first-order valence-corrected chi connectivity index (χ1v) is 8.91. The van der Waals surface area contributed by atoms with Crippen molar-refractivity contribution in [3.8, 4) is 11.3 Å². The molecule has 2 N–H and O–H groups in total. The zero-order valence-electron chi connectivity index (χ0n) is 14.1. The Labute approximate surface area is 159 Å². The molecule has 0 fully saturated rings. The zero-order chi connectivity index (χ0) is 18.5. The van der Waals surface area contributed by atoms with Crippen molar-refractivity contribution in [2.75, 3.05) is 10.6 Å². The van der Waals surface area contributed by atoms with Crippen LogP contribution in [0.25, 0.3) is 11.3 Å². The maximum atomic E-state index is 12.3. The lowest BCUT2D eigenvalue weighted by Crippen LogP contribution is -2.11. The number of carbonyl (C=O) groups excluding carboxylic acids is 2. The average molecular weight is 413 g/mol. The molecule has 0 aliphatic rings. The number of halogens is 1. The number of hydrogen-bond donors (Lipinski definition) is 2. The van der Waals surface area contributed by atoms with Gasteiger partial charge in [-0.3, -0.25) is 9.59 Å². The van der Waals surface area contributed by atoms with Crippen LogP contribution in [-0.4, -0.2) is 11.8 Å². The number of furan rings is 1. The number of carbonyl (C=O) groups is 2. The smallest absolute Gasteiger partial charge is 0.291 e. The molecule has 0 aliphatic carbocycles. The Balaban J connectivity index is 1.66. The summed E-state index contributed by atoms with van der Waals surface area (Å²) in [5, 5.41) is 5.53. The van der Waals surface area contributed by atoms with Crippen molar-refractivity contribution >= 4 is 39.1 Å². The molecule has 0 spiro atoms. The van der Waals surface area contributed by atoms with Gasteiger partial charge in [-0.05, 0) is 48.5 Å². The zero-order valence-corrected chi connectivity index (χ0v) is 15.7. The summed E-state index contributed by atoms with van der Waals surface area (Å²) in [5.74, 6) is 0.461. The first-order valence-electron chi connectivity index (χ1n) is 8.12. The second-order valence-corrected chi connectivity index (χ2v) is 6.52. The van der Waals surface area contributed by atoms with Crippen LogP contribution >= 0.6 is 15.9 Å². The van der Waals surface area contributed by atoms with Crippen molar-refractivity contribution in [2.24, 2.45) is 0 Å². The van der Waals surface area contributed by atoms with Crippen molar-refractivity contribution in [2.45, 2.75) is 13.3 Å². The Bertz CT molecular complexity index is 915. The minimum Gasteiger partial charge on any atom is -0.451 e. The molecular weight excluding hydrogens is 396 g/mol. The van der Waals surface area contributed by atoms with Crippen molar-refractivity contribution in [1.29, 1.82) is 0 Å². The van der Waals surface area contributed by atoms with E-state index in [0.717, 1.165) is 10.0 Å². The van der Waals surface area contributed by atoms with Gasteiger partial charge in [0.2, 0.25) is 5.91 Å². The van der Waals surface area contributed by atoms with Crippen molar-refractivity contribution in [3.63, 3.8) is 0 Å². The van der Waals surface area contributed by atoms with Crippen LogP contribution in [0.4, 0.5) is 11.4 Å². The number of hydrogen-bond acceptors (Lipinski definition) is 3. The summed E-state index contributed by atoms with van der Waals surface area (Å²) < 4.78 is 6.63. The molecule has 3 aromatic rings. The van der Waals surface area contributed by atoms with Crippen LogP contribution in [0.1, 0.15) is 23.9 Å². The normalized spacial score (nSPS) is 10.4. The van der Waals surface area contributed by atoms with E-state index in [4.69, 9.17) is 4.42 Å². The molecule has 132 valence electrons. The van der Waals surface area contributed by atoms with E-state index in [2.05, 4.69) is 26.6 Å². The van der Waals surface area contributed by atoms with E-state index in [9.17, 15) is 9.59 Å². The van der Waals surface area contributed by atoms with Gasteiger partial charge in [0.15, 0.2) is 5.76 Å². The predicted molar refractivity (Wildman–Crippen MR) is 105 cm³/mol. The van der Waals surface area contributed by atoms with E-state index in [1.165, 1.54) is 0 Å². The van der Waals surface area contributed by atoms with Gasteiger partial charge in [0.1, 0.15) is 5.76 Å². The van der Waals surface area contributed by atoms with Gasteiger partial charge in [0, 0.05) is 27.8 Å². The van der Waals surface area contributed by atoms with E-state index in [1.54, 1.807) is 43.3 Å². The summed E-state index contributed by atoms with van der Waals surface area (Å²) in [6, 6.07) is 18.0. The predicted octanol–water partition coefficient (Wildman–Crippen LogP) is 5.31. The van der Waals surface area contributed by atoms with Crippen molar-refractivity contribution in [3.05, 3.63) is 70.9 Å². The molecule has 0 bridgehead atoms. The minimum absolute atomic E-state index is 0.0576. The minimum atomic E-state index is -0.335. The maximum Gasteiger partial charge on any atom is 0.291 e. The fourth-order valence-electron chi connectivity index (χ4n) is 2.31. The van der Waals surface area contributed by atoms with Crippen LogP contribution < -0.4 is 10.6 Å². The summed E-state index contributed by atoms with van der Waals surface area (Å²) >= 11 is 3.39. The SMILES string of the molecule is CCC(=O)Nc1ccc(NC(=O)c2ccc(-c3ccc(Br)cc3)o2)cc1. The summed E-state index contributed by atoms with van der Waals surface area (Å²) in [5.41, 5.74) is 2.19. The fourth-order valence-corrected chi connectivity index (χ4v) is 2.57. The molecule has 0 saturated heterocycles. The Morgan fingerprint density at radius 2 is 1.50 bits per heavy atom. The number of nitrogens with one attached hydrogen (secondary N) is 2. The van der Waals surface area contributed by atoms with E-state index >= 15 is 0 Å². The Hall–Kier alpha value is -2.86. The van der Waals surface area contributed by atoms with Gasteiger partial charge in [-0.2, -0.15) is 0 Å². The van der Waals surface area contributed by atoms with E-state index in [0.29, 0.717) is 23.6 Å². The molecule has 0 radical (unpaired) electrons. The fraction of sp³-hybridized carbons (Fsp3) is 0.100. The van der Waals surface area contributed by atoms with Crippen LogP contribution in [0.15, 0.2) is 69.6 Å². The topological polar surface area (TPSA) is 71.3 Å². The molecule has 2 amide bonds. The highest BCUT2D eigenvalue weighted by Crippen LogP contribution is 2.24. The summed E-state index contributed by atoms with van der Waals surface area (Å²) in [4.78, 5) is 23.7. The van der Waals surface area contributed by atoms with Crippen LogP contribution in [0, 0.1) is 0 Å². The average Bonchev–Trinajstić information content (AvgIpc) is 3.14. The first kappa shape index (κ1) is 17.9. The summed E-state index contributed by atoms with van der Waals surface area (Å²) in [7, 11) is 0. The maximum absolute atomic E-state index is 12.3. The third-order valence-corrected chi connectivity index (χ3v) is 4.23. The van der Waals surface area contributed by atoms with E-state index in [1.807, 2.05) is 24.3 Å². The molecule has 0 saturated carbocycles. The van der Waals surface area contributed by atoms with Gasteiger partial charge in [0.25, 0.3) is 5.91 Å². The quantitative estimate of drug-likeness (QED) is 0.596. The van der Waals surface area contributed by atoms with Crippen LogP contribution in [0.5, 0.6) is 0 Å². The lowest BCUT2D eigenvalue weighted by Gasteiger charge is -2.06. The molecule has 3 rings (SSSR count). The van der Waals surface area contributed by atoms with Gasteiger partial charge >= 0.3 is 0 Å². The molecule has 0 unspecified atom stereocenters. The highest BCUT2D eigenvalue weighted by atomic mass is 79.9. The molecule has 1 aromatic heterocycles. The molecule has 0 atom stereocenters. The van der Waals surface area contributed by atoms with E-state index < -0.39 is 0 Å². The lowest BCUT2D eigenvalue weighted by atomic mass is 10.2. The largest absolute Gasteiger partial charge is 0.451 e. The molecule has 5 nitrogen and oxygen atoms in total. The molecule has 2 aromatic carbocycles. The van der Waals surface area contributed by atoms with Gasteiger partial charge in [0.05, 0.1) is 0 Å². The molecule has 26 heavy (non-hydrogen) atoms. The van der Waals surface area contributed by atoms with Crippen molar-refractivity contribution in [1.82, 2.24) is 0 Å². The highest BCUT2D eigenvalue weighted by Gasteiger charge is 2.12. The Morgan fingerprint density at radius 1 is 0.885 bits per heavy atom. The van der Waals surface area contributed by atoms with Gasteiger partial charge in [-0.1, -0.05) is 35.0 Å². The second-order valence-electron chi connectivity index (χ2n) is 5.60. The first-order chi connectivity index (χ1) is 12.5. The third kappa shape index (κ3) is 4.40. The molecule has 6 heteroatoms. The Morgan fingerprint density at radius 3 is 2.12 bits per heavy atom. The summed E-state index contributed by atoms with van der Waals surface area (Å²) in [6.07, 6.45) is 0.414. The molecule has 1 heterocycles. The third-order valence-electron chi connectivity index (χ3n) is 3.71. The van der Waals surface area contributed by atoms with Gasteiger partial charge < -0.3 is 15.1 Å². The van der Waals surface area contributed by atoms with E-state index in [-0.39, 0.29) is 17.6 Å². The van der Waals surface area contributed by atoms with Crippen molar-refractivity contribution < 1.29 is 14.0 Å². The van der Waals surface area contributed by atoms with Crippen LogP contribution in [0.2, 0.25) is 0 Å². The highest BCUT2D eigenvalue weighted by molar-refractivity contribution is 9.10. The van der Waals surface area contributed by atoms with Gasteiger partial charge in [-0.15, -0.1) is 0 Å². The van der Waals surface area contributed by atoms with Crippen LogP contribution in [0.3, 0.4) is 0 Å². The number of benzene rings is 2. The van der Waals surface area contributed by atoms with Gasteiger partial charge in [-0.25, -0.2) is 0 Å². The number of rotatable bonds is 5. The van der Waals surface area contributed by atoms with Crippen LogP contribution in [-0.2, 0) is 4.79 Å². The second kappa shape index (κ2) is 8.01. The Kier molecular flexibility index (Phi) is 5.53.